The van der Waals surface area contributed by atoms with E-state index in [2.05, 4.69) is 30.7 Å². The second-order valence-corrected chi connectivity index (χ2v) is 7.62. The summed E-state index contributed by atoms with van der Waals surface area (Å²) in [5.41, 5.74) is 4.54. The van der Waals surface area contributed by atoms with Crippen LogP contribution in [0.4, 0.5) is 8.78 Å². The molecule has 0 saturated heterocycles. The Morgan fingerprint density at radius 2 is 1.96 bits per heavy atom. The molecule has 2 aromatic rings. The third-order valence-electron chi connectivity index (χ3n) is 5.32. The van der Waals surface area contributed by atoms with Crippen LogP contribution in [-0.2, 0) is 5.88 Å². The predicted molar refractivity (Wildman–Crippen MR) is 98.4 cm³/mol. The molecule has 1 atom stereocenters. The topological polar surface area (TPSA) is 9.23 Å². The summed E-state index contributed by atoms with van der Waals surface area (Å²) < 4.78 is 29.7. The lowest BCUT2D eigenvalue weighted by atomic mass is 9.74. The molecule has 0 unspecified atom stereocenters. The lowest BCUT2D eigenvalue weighted by molar-refractivity contribution is -0.0498. The first-order valence-corrected chi connectivity index (χ1v) is 9.19. The van der Waals surface area contributed by atoms with Gasteiger partial charge in [0.15, 0.2) is 0 Å². The van der Waals surface area contributed by atoms with Gasteiger partial charge < -0.3 is 4.74 Å². The highest BCUT2D eigenvalue weighted by Crippen LogP contribution is 2.52. The molecule has 0 amide bonds. The molecule has 0 aromatic heterocycles. The van der Waals surface area contributed by atoms with Crippen LogP contribution in [0.25, 0.3) is 11.1 Å². The molecule has 1 saturated carbocycles. The van der Waals surface area contributed by atoms with Crippen molar-refractivity contribution >= 4 is 11.6 Å². The molecule has 0 radical (unpaired) electrons. The number of rotatable bonds is 5. The molecular formula is C21H23ClF2O. The van der Waals surface area contributed by atoms with E-state index in [1.165, 1.54) is 18.4 Å². The number of hydrogen-bond acceptors (Lipinski definition) is 1. The Morgan fingerprint density at radius 3 is 2.60 bits per heavy atom. The van der Waals surface area contributed by atoms with Gasteiger partial charge in [-0.3, -0.25) is 0 Å². The second kappa shape index (κ2) is 7.33. The molecule has 134 valence electrons. The number of ether oxygens (including phenoxy) is 1. The Hall–Kier alpha value is -1.61. The highest BCUT2D eigenvalue weighted by atomic mass is 35.5. The van der Waals surface area contributed by atoms with Gasteiger partial charge in [-0.05, 0) is 58.6 Å². The molecule has 4 heteroatoms. The van der Waals surface area contributed by atoms with Crippen LogP contribution in [0.2, 0.25) is 0 Å². The molecule has 0 aliphatic heterocycles. The summed E-state index contributed by atoms with van der Waals surface area (Å²) in [5, 5.41) is 0. The summed E-state index contributed by atoms with van der Waals surface area (Å²) in [6.07, 6.45) is 3.51. The fraction of sp³-hybridized carbons (Fsp3) is 0.429. The molecule has 1 fully saturated rings. The van der Waals surface area contributed by atoms with E-state index in [1.54, 1.807) is 18.2 Å². The molecule has 1 aliphatic carbocycles. The standard InChI is InChI=1S/C21H23ClF2O/c1-21(2)11-5-10-18(21)19-15(13-22)7-4-9-17(19)14-6-3-8-16(12-14)25-20(23)24/h3-4,6-9,12,18,20H,5,10-11,13H2,1-2H3/t18-/m1/s1. The summed E-state index contributed by atoms with van der Waals surface area (Å²) in [5.74, 6) is 1.04. The molecule has 3 rings (SSSR count). The van der Waals surface area contributed by atoms with Crippen LogP contribution in [0.1, 0.15) is 50.2 Å². The van der Waals surface area contributed by atoms with Gasteiger partial charge in [-0.1, -0.05) is 50.6 Å². The minimum atomic E-state index is -2.82. The lowest BCUT2D eigenvalue weighted by Crippen LogP contribution is -2.17. The maximum absolute atomic E-state index is 12.6. The van der Waals surface area contributed by atoms with Gasteiger partial charge in [0, 0.05) is 5.88 Å². The predicted octanol–water partition coefficient (Wildman–Crippen LogP) is 6.99. The van der Waals surface area contributed by atoms with Crippen molar-refractivity contribution in [2.45, 2.75) is 51.5 Å². The van der Waals surface area contributed by atoms with Gasteiger partial charge in [-0.25, -0.2) is 0 Å². The number of hydrogen-bond donors (Lipinski definition) is 0. The molecule has 0 spiro atoms. The summed E-state index contributed by atoms with van der Waals surface area (Å²) >= 11 is 6.24. The van der Waals surface area contributed by atoms with Gasteiger partial charge in [-0.15, -0.1) is 11.6 Å². The van der Waals surface area contributed by atoms with E-state index in [1.807, 2.05) is 12.1 Å². The summed E-state index contributed by atoms with van der Waals surface area (Å²) in [6.45, 7) is 1.78. The minimum absolute atomic E-state index is 0.181. The Balaban J connectivity index is 2.11. The van der Waals surface area contributed by atoms with Crippen LogP contribution in [-0.4, -0.2) is 6.61 Å². The molecule has 2 aromatic carbocycles. The van der Waals surface area contributed by atoms with Gasteiger partial charge in [-0.2, -0.15) is 8.78 Å². The highest BCUT2D eigenvalue weighted by Gasteiger charge is 2.37. The van der Waals surface area contributed by atoms with Gasteiger partial charge in [0.2, 0.25) is 0 Å². The molecule has 0 heterocycles. The van der Waals surface area contributed by atoms with Crippen LogP contribution in [0.5, 0.6) is 5.75 Å². The third kappa shape index (κ3) is 3.82. The average molecular weight is 365 g/mol. The van der Waals surface area contributed by atoms with Crippen molar-refractivity contribution in [2.24, 2.45) is 5.41 Å². The first-order chi connectivity index (χ1) is 11.9. The first-order valence-electron chi connectivity index (χ1n) is 8.65. The highest BCUT2D eigenvalue weighted by molar-refractivity contribution is 6.17. The van der Waals surface area contributed by atoms with E-state index < -0.39 is 6.61 Å². The van der Waals surface area contributed by atoms with Crippen molar-refractivity contribution in [1.29, 1.82) is 0 Å². The molecule has 25 heavy (non-hydrogen) atoms. The molecule has 0 N–H and O–H groups in total. The van der Waals surface area contributed by atoms with Crippen LogP contribution in [0.3, 0.4) is 0 Å². The van der Waals surface area contributed by atoms with Crippen molar-refractivity contribution in [3.8, 4) is 16.9 Å². The Morgan fingerprint density at radius 1 is 1.20 bits per heavy atom. The van der Waals surface area contributed by atoms with Crippen LogP contribution < -0.4 is 4.74 Å². The van der Waals surface area contributed by atoms with Gasteiger partial charge in [0.1, 0.15) is 5.75 Å². The summed E-state index contributed by atoms with van der Waals surface area (Å²) in [7, 11) is 0. The molecule has 1 nitrogen and oxygen atoms in total. The first kappa shape index (κ1) is 18.2. The maximum Gasteiger partial charge on any atom is 0.387 e. The van der Waals surface area contributed by atoms with Crippen LogP contribution in [0, 0.1) is 5.41 Å². The largest absolute Gasteiger partial charge is 0.435 e. The zero-order valence-electron chi connectivity index (χ0n) is 14.6. The van der Waals surface area contributed by atoms with Crippen LogP contribution in [0.15, 0.2) is 42.5 Å². The second-order valence-electron chi connectivity index (χ2n) is 7.35. The third-order valence-corrected chi connectivity index (χ3v) is 5.60. The van der Waals surface area contributed by atoms with Crippen molar-refractivity contribution in [1.82, 2.24) is 0 Å². The Bertz CT molecular complexity index is 742. The number of alkyl halides is 3. The average Bonchev–Trinajstić information content (AvgIpc) is 2.92. The summed E-state index contributed by atoms with van der Waals surface area (Å²) in [6, 6.07) is 13.0. The minimum Gasteiger partial charge on any atom is -0.435 e. The monoisotopic (exact) mass is 364 g/mol. The van der Waals surface area contributed by atoms with E-state index in [-0.39, 0.29) is 11.2 Å². The Kier molecular flexibility index (Phi) is 5.33. The van der Waals surface area contributed by atoms with Gasteiger partial charge in [0.25, 0.3) is 0 Å². The molecule has 1 aliphatic rings. The van der Waals surface area contributed by atoms with E-state index in [9.17, 15) is 8.78 Å². The summed E-state index contributed by atoms with van der Waals surface area (Å²) in [4.78, 5) is 0. The van der Waals surface area contributed by atoms with E-state index in [0.29, 0.717) is 11.8 Å². The van der Waals surface area contributed by atoms with E-state index >= 15 is 0 Å². The van der Waals surface area contributed by atoms with Crippen molar-refractivity contribution in [3.63, 3.8) is 0 Å². The van der Waals surface area contributed by atoms with Crippen molar-refractivity contribution < 1.29 is 13.5 Å². The van der Waals surface area contributed by atoms with Crippen molar-refractivity contribution in [2.75, 3.05) is 0 Å². The molecular weight excluding hydrogens is 342 g/mol. The maximum atomic E-state index is 12.6. The quantitative estimate of drug-likeness (QED) is 0.519. The van der Waals surface area contributed by atoms with E-state index in [0.717, 1.165) is 23.1 Å². The van der Waals surface area contributed by atoms with Gasteiger partial charge in [0.05, 0.1) is 0 Å². The zero-order chi connectivity index (χ0) is 18.0. The van der Waals surface area contributed by atoms with Crippen LogP contribution >= 0.6 is 11.6 Å². The fourth-order valence-corrected chi connectivity index (χ4v) is 4.33. The SMILES string of the molecule is CC1(C)CCC[C@@H]1c1c(CCl)cccc1-c1cccc(OC(F)F)c1. The fourth-order valence-electron chi connectivity index (χ4n) is 4.09. The van der Waals surface area contributed by atoms with Crippen molar-refractivity contribution in [3.05, 3.63) is 53.6 Å². The van der Waals surface area contributed by atoms with E-state index in [4.69, 9.17) is 11.6 Å². The number of benzene rings is 2. The zero-order valence-corrected chi connectivity index (χ0v) is 15.3. The lowest BCUT2D eigenvalue weighted by Gasteiger charge is -2.31. The molecule has 0 bridgehead atoms. The number of halogens is 3. The smallest absolute Gasteiger partial charge is 0.387 e. The Labute approximate surface area is 153 Å². The normalized spacial score (nSPS) is 19.4. The van der Waals surface area contributed by atoms with Gasteiger partial charge >= 0.3 is 6.61 Å².